The first-order chi connectivity index (χ1) is 5.16. The van der Waals surface area contributed by atoms with E-state index < -0.39 is 0 Å². The smallest absolute Gasteiger partial charge is 0.00508 e. The summed E-state index contributed by atoms with van der Waals surface area (Å²) in [6.45, 7) is 7.55. The van der Waals surface area contributed by atoms with Crippen LogP contribution in [0, 0.1) is 0 Å². The Hall–Kier alpha value is -0.0800. The maximum atomic E-state index is 5.83. The highest BCUT2D eigenvalue weighted by molar-refractivity contribution is 4.63. The van der Waals surface area contributed by atoms with Crippen molar-refractivity contribution in [2.75, 3.05) is 6.54 Å². The lowest BCUT2D eigenvalue weighted by molar-refractivity contribution is 0.501. The van der Waals surface area contributed by atoms with E-state index in [1.807, 2.05) is 0 Å². The summed E-state index contributed by atoms with van der Waals surface area (Å²) < 4.78 is 0. The van der Waals surface area contributed by atoms with Crippen LogP contribution in [0.25, 0.3) is 0 Å². The maximum absolute atomic E-state index is 5.83. The Morgan fingerprint density at radius 3 is 2.36 bits per heavy atom. The van der Waals surface area contributed by atoms with Crippen LogP contribution < -0.4 is 11.1 Å². The summed E-state index contributed by atoms with van der Waals surface area (Å²) in [5.41, 5.74) is 5.83. The highest BCUT2D eigenvalue weighted by atomic mass is 14.9. The van der Waals surface area contributed by atoms with Gasteiger partial charge < -0.3 is 11.1 Å². The first-order valence-electron chi connectivity index (χ1n) is 4.65. The molecule has 0 amide bonds. The zero-order valence-electron chi connectivity index (χ0n) is 8.06. The molecular formula is C9H22N2. The highest BCUT2D eigenvalue weighted by Crippen LogP contribution is 1.96. The summed E-state index contributed by atoms with van der Waals surface area (Å²) in [6, 6.07) is 0.982. The molecule has 3 N–H and O–H groups in total. The van der Waals surface area contributed by atoms with Gasteiger partial charge in [-0.25, -0.2) is 0 Å². The van der Waals surface area contributed by atoms with Gasteiger partial charge in [-0.15, -0.1) is 0 Å². The van der Waals surface area contributed by atoms with Crippen molar-refractivity contribution in [2.24, 2.45) is 5.73 Å². The van der Waals surface area contributed by atoms with Crippen LogP contribution in [0.5, 0.6) is 0 Å². The fourth-order valence-electron chi connectivity index (χ4n) is 1.07. The molecule has 0 aromatic rings. The monoisotopic (exact) mass is 158 g/mol. The summed E-state index contributed by atoms with van der Waals surface area (Å²) in [5, 5.41) is 3.35. The molecule has 0 bridgehead atoms. The summed E-state index contributed by atoms with van der Waals surface area (Å²) >= 11 is 0. The quantitative estimate of drug-likeness (QED) is 0.615. The molecule has 0 aliphatic carbocycles. The van der Waals surface area contributed by atoms with Gasteiger partial charge in [-0.05, 0) is 19.4 Å². The lowest BCUT2D eigenvalue weighted by atomic mass is 10.1. The van der Waals surface area contributed by atoms with Crippen LogP contribution >= 0.6 is 0 Å². The van der Waals surface area contributed by atoms with Crippen LogP contribution in [0.3, 0.4) is 0 Å². The van der Waals surface area contributed by atoms with Gasteiger partial charge >= 0.3 is 0 Å². The van der Waals surface area contributed by atoms with Crippen molar-refractivity contribution >= 4 is 0 Å². The molecule has 0 fully saturated rings. The van der Waals surface area contributed by atoms with Gasteiger partial charge in [-0.1, -0.05) is 27.2 Å². The van der Waals surface area contributed by atoms with Gasteiger partial charge in [0.15, 0.2) is 0 Å². The van der Waals surface area contributed by atoms with Gasteiger partial charge in [0.2, 0.25) is 0 Å². The summed E-state index contributed by atoms with van der Waals surface area (Å²) in [5.74, 6) is 0. The van der Waals surface area contributed by atoms with E-state index in [9.17, 15) is 0 Å². The third kappa shape index (κ3) is 7.82. The summed E-state index contributed by atoms with van der Waals surface area (Å²) in [6.07, 6.45) is 3.45. The minimum atomic E-state index is 0.395. The fraction of sp³-hybridized carbons (Fsp3) is 1.00. The van der Waals surface area contributed by atoms with E-state index in [0.29, 0.717) is 12.1 Å². The summed E-state index contributed by atoms with van der Waals surface area (Å²) in [7, 11) is 0. The predicted molar refractivity (Wildman–Crippen MR) is 50.6 cm³/mol. The van der Waals surface area contributed by atoms with E-state index in [-0.39, 0.29) is 0 Å². The van der Waals surface area contributed by atoms with E-state index in [1.54, 1.807) is 0 Å². The second-order valence-corrected chi connectivity index (χ2v) is 3.45. The Bertz CT molecular complexity index is 81.6. The van der Waals surface area contributed by atoms with E-state index in [2.05, 4.69) is 26.1 Å². The molecule has 0 saturated carbocycles. The van der Waals surface area contributed by atoms with E-state index in [4.69, 9.17) is 5.73 Å². The molecule has 0 aromatic heterocycles. The van der Waals surface area contributed by atoms with Gasteiger partial charge in [0, 0.05) is 12.1 Å². The standard InChI is InChI=1S/C9H22N2/c1-4-5-9(10)6-7-11-8(2)3/h8-9,11H,4-7,10H2,1-3H3. The number of nitrogens with two attached hydrogens (primary N) is 1. The first-order valence-corrected chi connectivity index (χ1v) is 4.65. The van der Waals surface area contributed by atoms with Crippen molar-refractivity contribution in [3.63, 3.8) is 0 Å². The van der Waals surface area contributed by atoms with Crippen molar-refractivity contribution in [1.82, 2.24) is 5.32 Å². The second kappa shape index (κ2) is 6.62. The van der Waals surface area contributed by atoms with Gasteiger partial charge in [0.1, 0.15) is 0 Å². The van der Waals surface area contributed by atoms with Crippen molar-refractivity contribution in [3.05, 3.63) is 0 Å². The average molecular weight is 158 g/mol. The Balaban J connectivity index is 3.10. The van der Waals surface area contributed by atoms with E-state index in [1.165, 1.54) is 6.42 Å². The predicted octanol–water partition coefficient (Wildman–Crippen LogP) is 1.50. The van der Waals surface area contributed by atoms with Crippen LogP contribution in [0.4, 0.5) is 0 Å². The van der Waals surface area contributed by atoms with E-state index >= 15 is 0 Å². The Labute approximate surface area is 70.5 Å². The molecule has 1 unspecified atom stereocenters. The minimum Gasteiger partial charge on any atom is -0.328 e. The van der Waals surface area contributed by atoms with Crippen LogP contribution in [0.15, 0.2) is 0 Å². The molecule has 0 aliphatic rings. The largest absolute Gasteiger partial charge is 0.328 e. The topological polar surface area (TPSA) is 38.0 Å². The molecule has 1 atom stereocenters. The Morgan fingerprint density at radius 2 is 1.91 bits per heavy atom. The molecular weight excluding hydrogens is 136 g/mol. The Kier molecular flexibility index (Phi) is 6.57. The molecule has 0 aromatic carbocycles. The van der Waals surface area contributed by atoms with Crippen molar-refractivity contribution in [2.45, 2.75) is 52.1 Å². The zero-order valence-corrected chi connectivity index (χ0v) is 8.06. The molecule has 0 aliphatic heterocycles. The number of nitrogens with one attached hydrogen (secondary N) is 1. The van der Waals surface area contributed by atoms with Crippen molar-refractivity contribution < 1.29 is 0 Å². The highest BCUT2D eigenvalue weighted by Gasteiger charge is 2.00. The van der Waals surface area contributed by atoms with Crippen LogP contribution in [0.1, 0.15) is 40.0 Å². The molecule has 68 valence electrons. The molecule has 0 radical (unpaired) electrons. The van der Waals surface area contributed by atoms with Crippen LogP contribution in [0.2, 0.25) is 0 Å². The lowest BCUT2D eigenvalue weighted by Crippen LogP contribution is -2.30. The molecule has 0 rings (SSSR count). The van der Waals surface area contributed by atoms with Crippen molar-refractivity contribution in [1.29, 1.82) is 0 Å². The third-order valence-corrected chi connectivity index (χ3v) is 1.73. The average Bonchev–Trinajstić information content (AvgIpc) is 1.87. The molecule has 0 heterocycles. The Morgan fingerprint density at radius 1 is 1.27 bits per heavy atom. The molecule has 0 saturated heterocycles. The SMILES string of the molecule is CCCC(N)CCNC(C)C. The number of hydrogen-bond acceptors (Lipinski definition) is 2. The maximum Gasteiger partial charge on any atom is 0.00508 e. The zero-order chi connectivity index (χ0) is 8.69. The lowest BCUT2D eigenvalue weighted by Gasteiger charge is -2.12. The summed E-state index contributed by atoms with van der Waals surface area (Å²) in [4.78, 5) is 0. The van der Waals surface area contributed by atoms with Gasteiger partial charge in [-0.3, -0.25) is 0 Å². The van der Waals surface area contributed by atoms with Crippen LogP contribution in [-0.2, 0) is 0 Å². The van der Waals surface area contributed by atoms with Gasteiger partial charge in [-0.2, -0.15) is 0 Å². The molecule has 11 heavy (non-hydrogen) atoms. The van der Waals surface area contributed by atoms with Crippen molar-refractivity contribution in [3.8, 4) is 0 Å². The molecule has 2 nitrogen and oxygen atoms in total. The molecule has 2 heteroatoms. The minimum absolute atomic E-state index is 0.395. The normalized spacial score (nSPS) is 13.9. The molecule has 0 spiro atoms. The van der Waals surface area contributed by atoms with Crippen LogP contribution in [-0.4, -0.2) is 18.6 Å². The second-order valence-electron chi connectivity index (χ2n) is 3.45. The number of rotatable bonds is 6. The first kappa shape index (κ1) is 10.9. The van der Waals surface area contributed by atoms with Gasteiger partial charge in [0.05, 0.1) is 0 Å². The number of hydrogen-bond donors (Lipinski definition) is 2. The fourth-order valence-corrected chi connectivity index (χ4v) is 1.07. The van der Waals surface area contributed by atoms with E-state index in [0.717, 1.165) is 19.4 Å². The third-order valence-electron chi connectivity index (χ3n) is 1.73. The van der Waals surface area contributed by atoms with Gasteiger partial charge in [0.25, 0.3) is 0 Å².